The molecule has 0 aliphatic rings. The van der Waals surface area contributed by atoms with Crippen LogP contribution in [0.4, 0.5) is 4.39 Å². The zero-order chi connectivity index (χ0) is 10.8. The summed E-state index contributed by atoms with van der Waals surface area (Å²) in [6.45, 7) is 1.28. The molecule has 0 aliphatic heterocycles. The molecule has 1 N–H and O–H groups in total. The summed E-state index contributed by atoms with van der Waals surface area (Å²) in [4.78, 5) is 10.6. The summed E-state index contributed by atoms with van der Waals surface area (Å²) < 4.78 is 17.8. The van der Waals surface area contributed by atoms with Crippen LogP contribution >= 0.6 is 0 Å². The van der Waals surface area contributed by atoms with Crippen molar-refractivity contribution in [1.29, 1.82) is 0 Å². The van der Waals surface area contributed by atoms with E-state index in [0.29, 0.717) is 6.29 Å². The number of hydrogen-bond acceptors (Lipinski definition) is 3. The highest BCUT2D eigenvalue weighted by Crippen LogP contribution is 2.28. The molecule has 0 saturated carbocycles. The van der Waals surface area contributed by atoms with Gasteiger partial charge in [-0.2, -0.15) is 0 Å². The molecule has 0 spiro atoms. The monoisotopic (exact) mass is 198 g/mol. The zero-order valence-corrected chi connectivity index (χ0v) is 7.95. The minimum atomic E-state index is -1.73. The first-order chi connectivity index (χ1) is 6.51. The van der Waals surface area contributed by atoms with E-state index in [9.17, 15) is 14.3 Å². The van der Waals surface area contributed by atoms with Crippen molar-refractivity contribution < 1.29 is 19.0 Å². The van der Waals surface area contributed by atoms with Crippen molar-refractivity contribution in [3.63, 3.8) is 0 Å². The molecular weight excluding hydrogens is 187 g/mol. The summed E-state index contributed by atoms with van der Waals surface area (Å²) in [6, 6.07) is 3.64. The number of carbonyl (C=O) groups excluding carboxylic acids is 1. The van der Waals surface area contributed by atoms with E-state index in [4.69, 9.17) is 4.74 Å². The highest BCUT2D eigenvalue weighted by atomic mass is 19.1. The maximum absolute atomic E-state index is 12.9. The van der Waals surface area contributed by atoms with Gasteiger partial charge in [0.1, 0.15) is 17.2 Å². The first-order valence-electron chi connectivity index (χ1n) is 4.04. The highest BCUT2D eigenvalue weighted by molar-refractivity contribution is 5.67. The maximum Gasteiger partial charge on any atom is 0.155 e. The van der Waals surface area contributed by atoms with Gasteiger partial charge < -0.3 is 9.84 Å². The van der Waals surface area contributed by atoms with Crippen molar-refractivity contribution in [3.8, 4) is 5.75 Å². The van der Waals surface area contributed by atoms with Crippen molar-refractivity contribution in [3.05, 3.63) is 29.6 Å². The summed E-state index contributed by atoms with van der Waals surface area (Å²) in [6.07, 6.45) is 0.338. The molecule has 1 atom stereocenters. The first-order valence-corrected chi connectivity index (χ1v) is 4.04. The van der Waals surface area contributed by atoms with Crippen LogP contribution in [0.2, 0.25) is 0 Å². The number of hydrogen-bond donors (Lipinski definition) is 1. The molecule has 0 radical (unpaired) electrons. The molecule has 0 heterocycles. The molecule has 1 rings (SSSR count). The van der Waals surface area contributed by atoms with Crippen molar-refractivity contribution in [2.45, 2.75) is 12.5 Å². The molecular formula is C10H11FO3. The number of halogens is 1. The van der Waals surface area contributed by atoms with E-state index in [2.05, 4.69) is 0 Å². The summed E-state index contributed by atoms with van der Waals surface area (Å²) in [5, 5.41) is 9.62. The van der Waals surface area contributed by atoms with E-state index in [1.807, 2.05) is 0 Å². The summed E-state index contributed by atoms with van der Waals surface area (Å²) in [5.41, 5.74) is -1.61. The van der Waals surface area contributed by atoms with Crippen LogP contribution in [0, 0.1) is 5.82 Å². The van der Waals surface area contributed by atoms with Gasteiger partial charge in [0.25, 0.3) is 0 Å². The number of carbonyl (C=O) groups is 1. The predicted octanol–water partition coefficient (Wildman–Crippen LogP) is 1.24. The molecule has 0 bridgehead atoms. The van der Waals surface area contributed by atoms with Gasteiger partial charge in [-0.05, 0) is 25.1 Å². The minimum absolute atomic E-state index is 0.120. The Balaban J connectivity index is 3.30. The molecule has 1 unspecified atom stereocenters. The summed E-state index contributed by atoms with van der Waals surface area (Å²) >= 11 is 0. The van der Waals surface area contributed by atoms with Crippen LogP contribution in [0.3, 0.4) is 0 Å². The lowest BCUT2D eigenvalue weighted by atomic mass is 9.97. The normalized spacial score (nSPS) is 14.6. The highest BCUT2D eigenvalue weighted by Gasteiger charge is 2.26. The Kier molecular flexibility index (Phi) is 2.86. The molecule has 3 nitrogen and oxygen atoms in total. The Labute approximate surface area is 81.1 Å². The smallest absolute Gasteiger partial charge is 0.155 e. The summed E-state index contributed by atoms with van der Waals surface area (Å²) in [7, 11) is 1.39. The van der Waals surface area contributed by atoms with Crippen molar-refractivity contribution in [2.75, 3.05) is 7.11 Å². The van der Waals surface area contributed by atoms with Crippen LogP contribution in [0.25, 0.3) is 0 Å². The lowest BCUT2D eigenvalue weighted by molar-refractivity contribution is -0.123. The summed E-state index contributed by atoms with van der Waals surface area (Å²) in [5.74, 6) is -0.244. The van der Waals surface area contributed by atoms with E-state index in [1.165, 1.54) is 26.2 Å². The van der Waals surface area contributed by atoms with Crippen LogP contribution in [0.1, 0.15) is 12.5 Å². The minimum Gasteiger partial charge on any atom is -0.496 e. The molecule has 76 valence electrons. The Morgan fingerprint density at radius 3 is 2.71 bits per heavy atom. The fraction of sp³-hybridized carbons (Fsp3) is 0.300. The molecule has 0 fully saturated rings. The number of methoxy groups -OCH3 is 1. The van der Waals surface area contributed by atoms with E-state index in [-0.39, 0.29) is 11.3 Å². The second-order valence-corrected chi connectivity index (χ2v) is 3.11. The first kappa shape index (κ1) is 10.7. The van der Waals surface area contributed by atoms with E-state index in [1.54, 1.807) is 0 Å². The van der Waals surface area contributed by atoms with Gasteiger partial charge in [-0.1, -0.05) is 0 Å². The molecule has 0 amide bonds. The Bertz CT molecular complexity index is 347. The number of benzene rings is 1. The van der Waals surface area contributed by atoms with Crippen molar-refractivity contribution >= 4 is 6.29 Å². The third kappa shape index (κ3) is 1.90. The van der Waals surface area contributed by atoms with Crippen molar-refractivity contribution in [2.24, 2.45) is 0 Å². The SMILES string of the molecule is COc1ccc(F)cc1C(C)(O)C=O. The Morgan fingerprint density at radius 1 is 1.57 bits per heavy atom. The Morgan fingerprint density at radius 2 is 2.21 bits per heavy atom. The van der Waals surface area contributed by atoms with Crippen LogP contribution in [0.5, 0.6) is 5.75 Å². The molecule has 4 heteroatoms. The number of rotatable bonds is 3. The van der Waals surface area contributed by atoms with Gasteiger partial charge in [-0.3, -0.25) is 4.79 Å². The maximum atomic E-state index is 12.9. The average molecular weight is 198 g/mol. The zero-order valence-electron chi connectivity index (χ0n) is 7.95. The van der Waals surface area contributed by atoms with Gasteiger partial charge in [0, 0.05) is 5.56 Å². The molecule has 14 heavy (non-hydrogen) atoms. The lowest BCUT2D eigenvalue weighted by Crippen LogP contribution is -2.23. The molecule has 0 aliphatic carbocycles. The van der Waals surface area contributed by atoms with Crippen molar-refractivity contribution in [1.82, 2.24) is 0 Å². The third-order valence-corrected chi connectivity index (χ3v) is 1.94. The van der Waals surface area contributed by atoms with Gasteiger partial charge in [-0.15, -0.1) is 0 Å². The molecule has 0 aromatic heterocycles. The molecule has 0 saturated heterocycles. The number of aliphatic hydroxyl groups is 1. The number of aldehydes is 1. The average Bonchev–Trinajstić information content (AvgIpc) is 2.18. The van der Waals surface area contributed by atoms with E-state index >= 15 is 0 Å². The lowest BCUT2D eigenvalue weighted by Gasteiger charge is -2.19. The van der Waals surface area contributed by atoms with Crippen LogP contribution < -0.4 is 4.74 Å². The quantitative estimate of drug-likeness (QED) is 0.743. The van der Waals surface area contributed by atoms with Gasteiger partial charge in [-0.25, -0.2) is 4.39 Å². The van der Waals surface area contributed by atoms with Crippen LogP contribution in [0.15, 0.2) is 18.2 Å². The topological polar surface area (TPSA) is 46.5 Å². The molecule has 1 aromatic rings. The second-order valence-electron chi connectivity index (χ2n) is 3.11. The fourth-order valence-electron chi connectivity index (χ4n) is 1.14. The van der Waals surface area contributed by atoms with E-state index < -0.39 is 11.4 Å². The largest absolute Gasteiger partial charge is 0.496 e. The standard InChI is InChI=1S/C10H11FO3/c1-10(13,6-12)8-5-7(11)3-4-9(8)14-2/h3-6,13H,1-2H3. The van der Waals surface area contributed by atoms with Crippen LogP contribution in [-0.4, -0.2) is 18.5 Å². The van der Waals surface area contributed by atoms with Gasteiger partial charge >= 0.3 is 0 Å². The Hall–Kier alpha value is -1.42. The van der Waals surface area contributed by atoms with Gasteiger partial charge in [0.15, 0.2) is 6.29 Å². The fourth-order valence-corrected chi connectivity index (χ4v) is 1.14. The second kappa shape index (κ2) is 3.75. The van der Waals surface area contributed by atoms with Crippen LogP contribution in [-0.2, 0) is 10.4 Å². The van der Waals surface area contributed by atoms with E-state index in [0.717, 1.165) is 6.07 Å². The number of ether oxygens (including phenoxy) is 1. The third-order valence-electron chi connectivity index (χ3n) is 1.94. The van der Waals surface area contributed by atoms with Gasteiger partial charge in [0.05, 0.1) is 7.11 Å². The predicted molar refractivity (Wildman–Crippen MR) is 48.6 cm³/mol. The molecule has 1 aromatic carbocycles. The van der Waals surface area contributed by atoms with Gasteiger partial charge in [0.2, 0.25) is 0 Å².